The number of hydrogen-bond acceptors (Lipinski definition) is 3. The first kappa shape index (κ1) is 13.4. The maximum absolute atomic E-state index is 11.2. The second kappa shape index (κ2) is 6.13. The Bertz CT molecular complexity index is 390. The van der Waals surface area contributed by atoms with Crippen molar-refractivity contribution in [1.29, 1.82) is 0 Å². The topological polar surface area (TPSA) is 72.3 Å². The number of carbonyl (C=O) groups excluding carboxylic acids is 1. The third kappa shape index (κ3) is 3.37. The summed E-state index contributed by atoms with van der Waals surface area (Å²) in [5, 5.41) is 0. The molecule has 4 nitrogen and oxygen atoms in total. The standard InChI is InChI=1S/C13H21N3O/c1-3-5-8-16(4-2)10-6-7-12(14)11(9-10)13(15)17/h6-7,9H,3-5,8,14H2,1-2H3,(H2,15,17). The minimum Gasteiger partial charge on any atom is -0.398 e. The summed E-state index contributed by atoms with van der Waals surface area (Å²) in [6, 6.07) is 5.45. The highest BCUT2D eigenvalue weighted by Crippen LogP contribution is 2.21. The number of benzene rings is 1. The van der Waals surface area contributed by atoms with Gasteiger partial charge >= 0.3 is 0 Å². The van der Waals surface area contributed by atoms with Gasteiger partial charge in [0.25, 0.3) is 5.91 Å². The van der Waals surface area contributed by atoms with E-state index in [4.69, 9.17) is 11.5 Å². The molecular weight excluding hydrogens is 214 g/mol. The van der Waals surface area contributed by atoms with Crippen LogP contribution in [-0.2, 0) is 0 Å². The van der Waals surface area contributed by atoms with Gasteiger partial charge in [-0.2, -0.15) is 0 Å². The quantitative estimate of drug-likeness (QED) is 0.741. The highest BCUT2D eigenvalue weighted by atomic mass is 16.1. The number of carbonyl (C=O) groups is 1. The zero-order valence-corrected chi connectivity index (χ0v) is 10.6. The summed E-state index contributed by atoms with van der Waals surface area (Å²) in [7, 11) is 0. The van der Waals surface area contributed by atoms with Crippen LogP contribution in [0, 0.1) is 0 Å². The number of nitrogens with zero attached hydrogens (tertiary/aromatic N) is 1. The van der Waals surface area contributed by atoms with Gasteiger partial charge in [-0.1, -0.05) is 13.3 Å². The molecule has 4 N–H and O–H groups in total. The summed E-state index contributed by atoms with van der Waals surface area (Å²) in [5.74, 6) is -0.476. The third-order valence-corrected chi connectivity index (χ3v) is 2.83. The number of rotatable bonds is 6. The lowest BCUT2D eigenvalue weighted by atomic mass is 10.1. The van der Waals surface area contributed by atoms with Crippen LogP contribution in [0.4, 0.5) is 11.4 Å². The minimum absolute atomic E-state index is 0.400. The predicted molar refractivity (Wildman–Crippen MR) is 72.2 cm³/mol. The van der Waals surface area contributed by atoms with E-state index in [0.29, 0.717) is 11.3 Å². The van der Waals surface area contributed by atoms with Gasteiger partial charge in [0.2, 0.25) is 0 Å². The van der Waals surface area contributed by atoms with E-state index < -0.39 is 5.91 Å². The lowest BCUT2D eigenvalue weighted by molar-refractivity contribution is 0.100. The Labute approximate surface area is 103 Å². The van der Waals surface area contributed by atoms with Crippen molar-refractivity contribution in [3.63, 3.8) is 0 Å². The molecule has 0 aromatic heterocycles. The molecule has 0 aliphatic carbocycles. The van der Waals surface area contributed by atoms with E-state index in [1.807, 2.05) is 6.07 Å². The maximum atomic E-state index is 11.2. The Hall–Kier alpha value is -1.71. The second-order valence-corrected chi connectivity index (χ2v) is 4.07. The van der Waals surface area contributed by atoms with Gasteiger partial charge in [0.05, 0.1) is 5.56 Å². The van der Waals surface area contributed by atoms with Crippen LogP contribution in [0.3, 0.4) is 0 Å². The Morgan fingerprint density at radius 3 is 2.59 bits per heavy atom. The summed E-state index contributed by atoms with van der Waals surface area (Å²) in [4.78, 5) is 13.4. The maximum Gasteiger partial charge on any atom is 0.250 e. The van der Waals surface area contributed by atoms with Crippen LogP contribution in [-0.4, -0.2) is 19.0 Å². The number of amides is 1. The van der Waals surface area contributed by atoms with Gasteiger partial charge in [0.1, 0.15) is 0 Å². The molecule has 1 aromatic rings. The van der Waals surface area contributed by atoms with Crippen molar-refractivity contribution in [3.05, 3.63) is 23.8 Å². The molecular formula is C13H21N3O. The van der Waals surface area contributed by atoms with Crippen molar-refractivity contribution >= 4 is 17.3 Å². The fourth-order valence-corrected chi connectivity index (χ4v) is 1.77. The normalized spacial score (nSPS) is 10.2. The van der Waals surface area contributed by atoms with Crippen molar-refractivity contribution in [2.75, 3.05) is 23.7 Å². The number of unbranched alkanes of at least 4 members (excludes halogenated alkanes) is 1. The minimum atomic E-state index is -0.476. The summed E-state index contributed by atoms with van der Waals surface area (Å²) in [5.41, 5.74) is 12.8. The number of anilines is 2. The van der Waals surface area contributed by atoms with Gasteiger partial charge in [-0.05, 0) is 31.5 Å². The lowest BCUT2D eigenvalue weighted by Crippen LogP contribution is -2.24. The van der Waals surface area contributed by atoms with Crippen LogP contribution in [0.5, 0.6) is 0 Å². The summed E-state index contributed by atoms with van der Waals surface area (Å²) in [6.07, 6.45) is 2.28. The highest BCUT2D eigenvalue weighted by Gasteiger charge is 2.10. The highest BCUT2D eigenvalue weighted by molar-refractivity contribution is 5.99. The Balaban J connectivity index is 2.96. The smallest absolute Gasteiger partial charge is 0.250 e. The van der Waals surface area contributed by atoms with Crippen LogP contribution in [0.1, 0.15) is 37.0 Å². The molecule has 17 heavy (non-hydrogen) atoms. The fraction of sp³-hybridized carbons (Fsp3) is 0.462. The number of primary amides is 1. The molecule has 0 saturated carbocycles. The third-order valence-electron chi connectivity index (χ3n) is 2.83. The van der Waals surface area contributed by atoms with Gasteiger partial charge < -0.3 is 16.4 Å². The van der Waals surface area contributed by atoms with Crippen molar-refractivity contribution in [2.45, 2.75) is 26.7 Å². The van der Waals surface area contributed by atoms with E-state index >= 15 is 0 Å². The zero-order valence-electron chi connectivity index (χ0n) is 10.6. The molecule has 0 saturated heterocycles. The van der Waals surface area contributed by atoms with E-state index in [-0.39, 0.29) is 0 Å². The molecule has 0 fully saturated rings. The second-order valence-electron chi connectivity index (χ2n) is 4.07. The van der Waals surface area contributed by atoms with Crippen LogP contribution in [0.2, 0.25) is 0 Å². The molecule has 1 aromatic carbocycles. The van der Waals surface area contributed by atoms with Crippen LogP contribution in [0.25, 0.3) is 0 Å². The molecule has 0 radical (unpaired) electrons. The van der Waals surface area contributed by atoms with Gasteiger partial charge in [0.15, 0.2) is 0 Å². The van der Waals surface area contributed by atoms with Gasteiger partial charge in [-0.15, -0.1) is 0 Å². The van der Waals surface area contributed by atoms with E-state index in [1.54, 1.807) is 12.1 Å². The SMILES string of the molecule is CCCCN(CC)c1ccc(N)c(C(N)=O)c1. The predicted octanol–water partition coefficient (Wildman–Crippen LogP) is 1.99. The Morgan fingerprint density at radius 1 is 1.35 bits per heavy atom. The van der Waals surface area contributed by atoms with Crippen LogP contribution in [0.15, 0.2) is 18.2 Å². The number of nitrogens with two attached hydrogens (primary N) is 2. The molecule has 1 rings (SSSR count). The summed E-state index contributed by atoms with van der Waals surface area (Å²) in [6.45, 7) is 6.14. The van der Waals surface area contributed by atoms with E-state index in [9.17, 15) is 4.79 Å². The van der Waals surface area contributed by atoms with E-state index in [2.05, 4.69) is 18.7 Å². The fourth-order valence-electron chi connectivity index (χ4n) is 1.77. The van der Waals surface area contributed by atoms with Crippen molar-refractivity contribution < 1.29 is 4.79 Å². The molecule has 0 atom stereocenters. The summed E-state index contributed by atoms with van der Waals surface area (Å²) >= 11 is 0. The lowest BCUT2D eigenvalue weighted by Gasteiger charge is -2.23. The first-order chi connectivity index (χ1) is 8.10. The molecule has 4 heteroatoms. The average Bonchev–Trinajstić information content (AvgIpc) is 2.31. The summed E-state index contributed by atoms with van der Waals surface area (Å²) < 4.78 is 0. The number of nitrogen functional groups attached to an aromatic ring is 1. The van der Waals surface area contributed by atoms with Crippen LogP contribution < -0.4 is 16.4 Å². The molecule has 1 amide bonds. The van der Waals surface area contributed by atoms with Gasteiger partial charge in [0, 0.05) is 24.5 Å². The Morgan fingerprint density at radius 2 is 2.06 bits per heavy atom. The molecule has 0 bridgehead atoms. The largest absolute Gasteiger partial charge is 0.398 e. The zero-order chi connectivity index (χ0) is 12.8. The van der Waals surface area contributed by atoms with Crippen molar-refractivity contribution in [2.24, 2.45) is 5.73 Å². The number of hydrogen-bond donors (Lipinski definition) is 2. The molecule has 94 valence electrons. The van der Waals surface area contributed by atoms with E-state index in [0.717, 1.165) is 31.6 Å². The first-order valence-electron chi connectivity index (χ1n) is 6.04. The van der Waals surface area contributed by atoms with Gasteiger partial charge in [-0.25, -0.2) is 0 Å². The van der Waals surface area contributed by atoms with Crippen LogP contribution >= 0.6 is 0 Å². The first-order valence-corrected chi connectivity index (χ1v) is 6.04. The Kier molecular flexibility index (Phi) is 4.82. The monoisotopic (exact) mass is 235 g/mol. The molecule has 0 aliphatic heterocycles. The molecule has 0 heterocycles. The van der Waals surface area contributed by atoms with E-state index in [1.165, 1.54) is 0 Å². The molecule has 0 unspecified atom stereocenters. The molecule has 0 spiro atoms. The molecule has 0 aliphatic rings. The van der Waals surface area contributed by atoms with Crippen molar-refractivity contribution in [1.82, 2.24) is 0 Å². The van der Waals surface area contributed by atoms with Crippen molar-refractivity contribution in [3.8, 4) is 0 Å². The average molecular weight is 235 g/mol. The van der Waals surface area contributed by atoms with Gasteiger partial charge in [-0.3, -0.25) is 4.79 Å².